The lowest BCUT2D eigenvalue weighted by Gasteiger charge is -2.12. The quantitative estimate of drug-likeness (QED) is 0.755. The summed E-state index contributed by atoms with van der Waals surface area (Å²) in [5.41, 5.74) is 7.31. The fourth-order valence-corrected chi connectivity index (χ4v) is 1.79. The molecule has 0 radical (unpaired) electrons. The van der Waals surface area contributed by atoms with Crippen LogP contribution in [-0.2, 0) is 0 Å². The van der Waals surface area contributed by atoms with Crippen LogP contribution in [0.5, 0.6) is 11.5 Å². The average Bonchev–Trinajstić information content (AvgIpc) is 2.50. The summed E-state index contributed by atoms with van der Waals surface area (Å²) in [6, 6.07) is 11.7. The van der Waals surface area contributed by atoms with Gasteiger partial charge in [0.15, 0.2) is 0 Å². The van der Waals surface area contributed by atoms with Crippen molar-refractivity contribution in [2.45, 2.75) is 0 Å². The van der Waals surface area contributed by atoms with Crippen LogP contribution in [0.15, 0.2) is 42.5 Å². The minimum absolute atomic E-state index is 0.417. The molecule has 0 spiro atoms. The Bertz CT molecular complexity index is 644. The summed E-state index contributed by atoms with van der Waals surface area (Å²) in [6.07, 6.45) is 0. The number of benzene rings is 2. The van der Waals surface area contributed by atoms with Gasteiger partial charge >= 0.3 is 6.03 Å². The summed E-state index contributed by atoms with van der Waals surface area (Å²) in [4.78, 5) is 12.0. The molecule has 0 saturated heterocycles. The minimum Gasteiger partial charge on any atom is -0.497 e. The molecule has 0 unspecified atom stereocenters. The lowest BCUT2D eigenvalue weighted by molar-refractivity contribution is 0.262. The zero-order valence-electron chi connectivity index (χ0n) is 11.8. The van der Waals surface area contributed by atoms with E-state index in [-0.39, 0.29) is 0 Å². The second kappa shape index (κ2) is 6.51. The smallest absolute Gasteiger partial charge is 0.323 e. The van der Waals surface area contributed by atoms with E-state index in [4.69, 9.17) is 15.2 Å². The van der Waals surface area contributed by atoms with Gasteiger partial charge in [-0.2, -0.15) is 0 Å². The number of amides is 2. The molecule has 0 fully saturated rings. The van der Waals surface area contributed by atoms with Gasteiger partial charge in [0, 0.05) is 6.07 Å². The topological polar surface area (TPSA) is 85.6 Å². The molecule has 6 nitrogen and oxygen atoms in total. The third-order valence-electron chi connectivity index (χ3n) is 2.86. The zero-order valence-corrected chi connectivity index (χ0v) is 11.8. The van der Waals surface area contributed by atoms with Gasteiger partial charge < -0.3 is 25.8 Å². The maximum absolute atomic E-state index is 12.0. The second-order valence-corrected chi connectivity index (χ2v) is 4.23. The molecule has 0 atom stereocenters. The summed E-state index contributed by atoms with van der Waals surface area (Å²) >= 11 is 0. The standard InChI is InChI=1S/C15H17N3O3/c1-20-10-7-8-11(16)13(9-10)18-15(19)17-12-5-3-4-6-14(12)21-2/h3-9H,16H2,1-2H3,(H2,17,18,19). The van der Waals surface area contributed by atoms with Gasteiger partial charge in [0.25, 0.3) is 0 Å². The van der Waals surface area contributed by atoms with E-state index < -0.39 is 6.03 Å². The number of anilines is 3. The van der Waals surface area contributed by atoms with E-state index in [1.807, 2.05) is 6.07 Å². The van der Waals surface area contributed by atoms with Gasteiger partial charge in [-0.1, -0.05) is 12.1 Å². The van der Waals surface area contributed by atoms with E-state index in [0.29, 0.717) is 28.6 Å². The molecule has 0 aliphatic heterocycles. The maximum Gasteiger partial charge on any atom is 0.323 e. The highest BCUT2D eigenvalue weighted by Crippen LogP contribution is 2.26. The number of nitrogen functional groups attached to an aromatic ring is 1. The molecule has 110 valence electrons. The second-order valence-electron chi connectivity index (χ2n) is 4.23. The molecular weight excluding hydrogens is 270 g/mol. The van der Waals surface area contributed by atoms with Crippen molar-refractivity contribution in [3.05, 3.63) is 42.5 Å². The summed E-state index contributed by atoms with van der Waals surface area (Å²) in [7, 11) is 3.09. The molecule has 4 N–H and O–H groups in total. The van der Waals surface area contributed by atoms with Crippen molar-refractivity contribution in [1.82, 2.24) is 0 Å². The van der Waals surface area contributed by atoms with E-state index in [1.54, 1.807) is 50.6 Å². The number of nitrogens with one attached hydrogen (secondary N) is 2. The number of urea groups is 1. The highest BCUT2D eigenvalue weighted by Gasteiger charge is 2.09. The van der Waals surface area contributed by atoms with E-state index >= 15 is 0 Å². The summed E-state index contributed by atoms with van der Waals surface area (Å²) in [5.74, 6) is 1.18. The fraction of sp³-hybridized carbons (Fsp3) is 0.133. The normalized spacial score (nSPS) is 9.81. The highest BCUT2D eigenvalue weighted by molar-refractivity contribution is 6.02. The number of ether oxygens (including phenoxy) is 2. The third-order valence-corrected chi connectivity index (χ3v) is 2.86. The SMILES string of the molecule is COc1ccc(N)c(NC(=O)Nc2ccccc2OC)c1. The predicted molar refractivity (Wildman–Crippen MR) is 83.0 cm³/mol. The van der Waals surface area contributed by atoms with Crippen LogP contribution in [0.2, 0.25) is 0 Å². The van der Waals surface area contributed by atoms with Crippen molar-refractivity contribution in [3.8, 4) is 11.5 Å². The Morgan fingerprint density at radius 1 is 1.00 bits per heavy atom. The van der Waals surface area contributed by atoms with Crippen LogP contribution >= 0.6 is 0 Å². The van der Waals surface area contributed by atoms with E-state index in [1.165, 1.54) is 0 Å². The first-order chi connectivity index (χ1) is 10.1. The van der Waals surface area contributed by atoms with Crippen LogP contribution < -0.4 is 25.8 Å². The van der Waals surface area contributed by atoms with E-state index in [9.17, 15) is 4.79 Å². The van der Waals surface area contributed by atoms with Crippen LogP contribution in [-0.4, -0.2) is 20.3 Å². The molecule has 2 aromatic carbocycles. The molecule has 0 heterocycles. The van der Waals surface area contributed by atoms with Crippen LogP contribution in [0, 0.1) is 0 Å². The number of methoxy groups -OCH3 is 2. The summed E-state index contributed by atoms with van der Waals surface area (Å²) < 4.78 is 10.3. The largest absolute Gasteiger partial charge is 0.497 e. The number of hydrogen-bond donors (Lipinski definition) is 3. The molecule has 2 aromatic rings. The first kappa shape index (κ1) is 14.5. The van der Waals surface area contributed by atoms with Crippen molar-refractivity contribution in [2.75, 3.05) is 30.6 Å². The third kappa shape index (κ3) is 3.56. The first-order valence-electron chi connectivity index (χ1n) is 6.28. The molecule has 0 bridgehead atoms. The van der Waals surface area contributed by atoms with Gasteiger partial charge in [0.05, 0.1) is 31.3 Å². The molecule has 0 aromatic heterocycles. The zero-order chi connectivity index (χ0) is 15.2. The molecular formula is C15H17N3O3. The lowest BCUT2D eigenvalue weighted by atomic mass is 10.2. The Morgan fingerprint density at radius 2 is 1.71 bits per heavy atom. The monoisotopic (exact) mass is 287 g/mol. The molecule has 0 saturated carbocycles. The van der Waals surface area contributed by atoms with Crippen LogP contribution in [0.4, 0.5) is 21.9 Å². The van der Waals surface area contributed by atoms with Gasteiger partial charge in [0.1, 0.15) is 11.5 Å². The van der Waals surface area contributed by atoms with Gasteiger partial charge in [-0.25, -0.2) is 4.79 Å². The highest BCUT2D eigenvalue weighted by atomic mass is 16.5. The van der Waals surface area contributed by atoms with Gasteiger partial charge in [-0.05, 0) is 24.3 Å². The maximum atomic E-state index is 12.0. The predicted octanol–water partition coefficient (Wildman–Crippen LogP) is 2.93. The molecule has 2 rings (SSSR count). The lowest BCUT2D eigenvalue weighted by Crippen LogP contribution is -2.20. The number of para-hydroxylation sites is 2. The number of carbonyl (C=O) groups is 1. The van der Waals surface area contributed by atoms with Crippen LogP contribution in [0.1, 0.15) is 0 Å². The molecule has 21 heavy (non-hydrogen) atoms. The molecule has 0 aliphatic carbocycles. The Morgan fingerprint density at radius 3 is 2.43 bits per heavy atom. The average molecular weight is 287 g/mol. The van der Waals surface area contributed by atoms with Gasteiger partial charge in [0.2, 0.25) is 0 Å². The number of hydrogen-bond acceptors (Lipinski definition) is 4. The Balaban J connectivity index is 2.11. The summed E-state index contributed by atoms with van der Waals surface area (Å²) in [6.45, 7) is 0. The molecule has 6 heteroatoms. The van der Waals surface area contributed by atoms with Gasteiger partial charge in [-0.3, -0.25) is 0 Å². The molecule has 2 amide bonds. The Kier molecular flexibility index (Phi) is 4.50. The first-order valence-corrected chi connectivity index (χ1v) is 6.28. The van der Waals surface area contributed by atoms with Crippen molar-refractivity contribution in [3.63, 3.8) is 0 Å². The van der Waals surface area contributed by atoms with Crippen LogP contribution in [0.25, 0.3) is 0 Å². The molecule has 0 aliphatic rings. The van der Waals surface area contributed by atoms with Crippen molar-refractivity contribution < 1.29 is 14.3 Å². The van der Waals surface area contributed by atoms with E-state index in [2.05, 4.69) is 10.6 Å². The van der Waals surface area contributed by atoms with Gasteiger partial charge in [-0.15, -0.1) is 0 Å². The van der Waals surface area contributed by atoms with Crippen LogP contribution in [0.3, 0.4) is 0 Å². The van der Waals surface area contributed by atoms with Crippen molar-refractivity contribution >= 4 is 23.1 Å². The number of rotatable bonds is 4. The number of nitrogens with two attached hydrogens (primary N) is 1. The summed E-state index contributed by atoms with van der Waals surface area (Å²) in [5, 5.41) is 5.38. The minimum atomic E-state index is -0.417. The van der Waals surface area contributed by atoms with E-state index in [0.717, 1.165) is 0 Å². The van der Waals surface area contributed by atoms with Crippen molar-refractivity contribution in [1.29, 1.82) is 0 Å². The Hall–Kier alpha value is -2.89. The van der Waals surface area contributed by atoms with Crippen molar-refractivity contribution in [2.24, 2.45) is 0 Å². The Labute approximate surface area is 122 Å². The number of carbonyl (C=O) groups excluding carboxylic acids is 1. The fourth-order valence-electron chi connectivity index (χ4n) is 1.79.